The monoisotopic (exact) mass is 234 g/mol. The minimum Gasteiger partial charge on any atom is -0.482 e. The van der Waals surface area contributed by atoms with Crippen molar-refractivity contribution in [2.24, 2.45) is 0 Å². The molecule has 0 aliphatic carbocycles. The quantitative estimate of drug-likeness (QED) is 0.763. The molecule has 88 valence electrons. The first-order chi connectivity index (χ1) is 8.18. The molecule has 0 aliphatic rings. The van der Waals surface area contributed by atoms with E-state index in [1.807, 2.05) is 0 Å². The second-order valence-electron chi connectivity index (χ2n) is 3.58. The Bertz CT molecular complexity index is 517. The highest BCUT2D eigenvalue weighted by molar-refractivity contribution is 5.94. The zero-order valence-electron chi connectivity index (χ0n) is 9.27. The molecule has 0 atom stereocenters. The van der Waals surface area contributed by atoms with E-state index in [1.165, 1.54) is 18.4 Å². The fourth-order valence-corrected chi connectivity index (χ4v) is 1.38. The van der Waals surface area contributed by atoms with Gasteiger partial charge in [0.25, 0.3) is 0 Å². The SMILES string of the molecule is Cc1cccc(OCC(=O)c2ccco2)c1F. The summed E-state index contributed by atoms with van der Waals surface area (Å²) in [7, 11) is 0. The van der Waals surface area contributed by atoms with Gasteiger partial charge in [0.15, 0.2) is 23.9 Å². The number of carbonyl (C=O) groups excluding carboxylic acids is 1. The fourth-order valence-electron chi connectivity index (χ4n) is 1.38. The molecular weight excluding hydrogens is 223 g/mol. The summed E-state index contributed by atoms with van der Waals surface area (Å²) >= 11 is 0. The van der Waals surface area contributed by atoms with Crippen LogP contribution in [0.15, 0.2) is 41.0 Å². The molecule has 0 fully saturated rings. The Morgan fingerprint density at radius 2 is 2.18 bits per heavy atom. The lowest BCUT2D eigenvalue weighted by atomic mass is 10.2. The lowest BCUT2D eigenvalue weighted by Crippen LogP contribution is -2.11. The van der Waals surface area contributed by atoms with Crippen molar-refractivity contribution in [3.8, 4) is 5.75 Å². The Balaban J connectivity index is 2.03. The Kier molecular flexibility index (Phi) is 3.23. The maximum atomic E-state index is 13.5. The summed E-state index contributed by atoms with van der Waals surface area (Å²) in [4.78, 5) is 11.5. The third-order valence-electron chi connectivity index (χ3n) is 2.31. The molecule has 0 N–H and O–H groups in total. The number of furan rings is 1. The average molecular weight is 234 g/mol. The number of hydrogen-bond donors (Lipinski definition) is 0. The van der Waals surface area contributed by atoms with E-state index in [1.54, 1.807) is 25.1 Å². The minimum absolute atomic E-state index is 0.0740. The van der Waals surface area contributed by atoms with Gasteiger partial charge in [-0.2, -0.15) is 0 Å². The normalized spacial score (nSPS) is 10.2. The number of rotatable bonds is 4. The van der Waals surface area contributed by atoms with Crippen LogP contribution in [0.4, 0.5) is 4.39 Å². The molecule has 0 aliphatic heterocycles. The Morgan fingerprint density at radius 3 is 2.88 bits per heavy atom. The first kappa shape index (κ1) is 11.4. The summed E-state index contributed by atoms with van der Waals surface area (Å²) in [6.07, 6.45) is 1.40. The third-order valence-corrected chi connectivity index (χ3v) is 2.31. The highest BCUT2D eigenvalue weighted by Crippen LogP contribution is 2.19. The second kappa shape index (κ2) is 4.82. The maximum Gasteiger partial charge on any atom is 0.235 e. The van der Waals surface area contributed by atoms with E-state index in [2.05, 4.69) is 0 Å². The molecule has 0 amide bonds. The Labute approximate surface area is 97.8 Å². The van der Waals surface area contributed by atoms with Gasteiger partial charge >= 0.3 is 0 Å². The van der Waals surface area contributed by atoms with Gasteiger partial charge in [0.1, 0.15) is 0 Å². The van der Waals surface area contributed by atoms with Gasteiger partial charge in [-0.15, -0.1) is 0 Å². The van der Waals surface area contributed by atoms with Crippen LogP contribution in [-0.2, 0) is 0 Å². The maximum absolute atomic E-state index is 13.5. The van der Waals surface area contributed by atoms with Crippen LogP contribution >= 0.6 is 0 Å². The number of Topliss-reactive ketones (excluding diaryl/α,β-unsaturated/α-hetero) is 1. The summed E-state index contributed by atoms with van der Waals surface area (Å²) in [5, 5.41) is 0. The van der Waals surface area contributed by atoms with Gasteiger partial charge < -0.3 is 9.15 Å². The van der Waals surface area contributed by atoms with Gasteiger partial charge in [-0.25, -0.2) is 4.39 Å². The number of ketones is 1. The largest absolute Gasteiger partial charge is 0.482 e. The number of benzene rings is 1. The molecule has 3 nitrogen and oxygen atoms in total. The lowest BCUT2D eigenvalue weighted by Gasteiger charge is -2.06. The zero-order valence-corrected chi connectivity index (χ0v) is 9.27. The smallest absolute Gasteiger partial charge is 0.235 e. The topological polar surface area (TPSA) is 39.4 Å². The molecule has 2 rings (SSSR count). The molecule has 0 unspecified atom stereocenters. The van der Waals surface area contributed by atoms with Gasteiger partial charge in [0, 0.05) is 0 Å². The molecular formula is C13H11FO3. The van der Waals surface area contributed by atoms with E-state index in [4.69, 9.17) is 9.15 Å². The molecule has 0 saturated heterocycles. The minimum atomic E-state index is -0.445. The van der Waals surface area contributed by atoms with Crippen molar-refractivity contribution < 1.29 is 18.3 Å². The predicted molar refractivity (Wildman–Crippen MR) is 59.7 cm³/mol. The van der Waals surface area contributed by atoms with Crippen LogP contribution in [0.3, 0.4) is 0 Å². The van der Waals surface area contributed by atoms with Crippen molar-refractivity contribution in [1.82, 2.24) is 0 Å². The third kappa shape index (κ3) is 2.53. The summed E-state index contributed by atoms with van der Waals surface area (Å²) in [6, 6.07) is 7.94. The Morgan fingerprint density at radius 1 is 1.35 bits per heavy atom. The lowest BCUT2D eigenvalue weighted by molar-refractivity contribution is 0.0891. The van der Waals surface area contributed by atoms with E-state index in [0.717, 1.165) is 0 Å². The van der Waals surface area contributed by atoms with Gasteiger partial charge in [0.2, 0.25) is 5.78 Å². The van der Waals surface area contributed by atoms with Gasteiger partial charge in [-0.1, -0.05) is 12.1 Å². The molecule has 2 aromatic rings. The van der Waals surface area contributed by atoms with Crippen molar-refractivity contribution in [2.45, 2.75) is 6.92 Å². The van der Waals surface area contributed by atoms with Crippen molar-refractivity contribution >= 4 is 5.78 Å². The highest BCUT2D eigenvalue weighted by atomic mass is 19.1. The van der Waals surface area contributed by atoms with Gasteiger partial charge in [0.05, 0.1) is 6.26 Å². The first-order valence-corrected chi connectivity index (χ1v) is 5.13. The van der Waals surface area contributed by atoms with E-state index < -0.39 is 5.82 Å². The highest BCUT2D eigenvalue weighted by Gasteiger charge is 2.12. The number of hydrogen-bond acceptors (Lipinski definition) is 3. The van der Waals surface area contributed by atoms with Crippen LogP contribution in [0.25, 0.3) is 0 Å². The Hall–Kier alpha value is -2.10. The molecule has 1 aromatic heterocycles. The molecule has 17 heavy (non-hydrogen) atoms. The zero-order chi connectivity index (χ0) is 12.3. The van der Waals surface area contributed by atoms with Crippen molar-refractivity contribution in [2.75, 3.05) is 6.61 Å². The second-order valence-corrected chi connectivity index (χ2v) is 3.58. The summed E-state index contributed by atoms with van der Waals surface area (Å²) in [6.45, 7) is 1.39. The van der Waals surface area contributed by atoms with Crippen LogP contribution in [0.1, 0.15) is 16.1 Å². The van der Waals surface area contributed by atoms with E-state index in [9.17, 15) is 9.18 Å². The number of halogens is 1. The number of carbonyl (C=O) groups is 1. The number of aryl methyl sites for hydroxylation is 1. The summed E-state index contributed by atoms with van der Waals surface area (Å²) in [5.74, 6) is -0.487. The van der Waals surface area contributed by atoms with E-state index in [-0.39, 0.29) is 23.9 Å². The van der Waals surface area contributed by atoms with Crippen LogP contribution in [0, 0.1) is 12.7 Å². The fraction of sp³-hybridized carbons (Fsp3) is 0.154. The van der Waals surface area contributed by atoms with E-state index >= 15 is 0 Å². The van der Waals surface area contributed by atoms with Crippen LogP contribution in [0.5, 0.6) is 5.75 Å². The molecule has 0 bridgehead atoms. The standard InChI is InChI=1S/C13H11FO3/c1-9-4-2-5-12(13(9)14)17-8-10(15)11-6-3-7-16-11/h2-7H,8H2,1H3. The predicted octanol–water partition coefficient (Wildman–Crippen LogP) is 2.99. The van der Waals surface area contributed by atoms with Crippen LogP contribution < -0.4 is 4.74 Å². The van der Waals surface area contributed by atoms with Crippen molar-refractivity contribution in [3.63, 3.8) is 0 Å². The summed E-state index contributed by atoms with van der Waals surface area (Å²) < 4.78 is 23.6. The molecule has 0 saturated carbocycles. The molecule has 1 heterocycles. The van der Waals surface area contributed by atoms with Crippen molar-refractivity contribution in [1.29, 1.82) is 0 Å². The van der Waals surface area contributed by atoms with Gasteiger partial charge in [-0.05, 0) is 30.7 Å². The molecule has 4 heteroatoms. The number of ether oxygens (including phenoxy) is 1. The van der Waals surface area contributed by atoms with Crippen molar-refractivity contribution in [3.05, 3.63) is 53.7 Å². The molecule has 1 aromatic carbocycles. The van der Waals surface area contributed by atoms with Gasteiger partial charge in [-0.3, -0.25) is 4.79 Å². The average Bonchev–Trinajstić information content (AvgIpc) is 2.84. The summed E-state index contributed by atoms with van der Waals surface area (Å²) in [5.41, 5.74) is 0.480. The van der Waals surface area contributed by atoms with Crippen LogP contribution in [-0.4, -0.2) is 12.4 Å². The van der Waals surface area contributed by atoms with Crippen LogP contribution in [0.2, 0.25) is 0 Å². The molecule has 0 radical (unpaired) electrons. The molecule has 0 spiro atoms. The first-order valence-electron chi connectivity index (χ1n) is 5.13. The van der Waals surface area contributed by atoms with E-state index in [0.29, 0.717) is 5.56 Å².